The summed E-state index contributed by atoms with van der Waals surface area (Å²) in [6.07, 6.45) is 0. The van der Waals surface area contributed by atoms with Gasteiger partial charge < -0.3 is 9.13 Å². The SMILES string of the molecule is c1ccc(-n2c3ccccc3c3cc(-c4ccc5c6ccc7ccccc7c6n(-c6cccc(-c7ccc8c9c(cccc79)-c7ccccc7-8)c6)c5c4)ccc32)cc1. The third-order valence-corrected chi connectivity index (χ3v) is 12.6. The number of hydrogen-bond acceptors (Lipinski definition) is 0. The van der Waals surface area contributed by atoms with Gasteiger partial charge in [-0.25, -0.2) is 0 Å². The molecule has 0 saturated heterocycles. The molecular formula is C56H34N2. The standard InChI is InChI=1S/C56H34N2/c1-2-14-39(15-3-1)57-52-23-9-8-20-45(52)51-33-36(26-31-53(51)57)37-25-27-46-50-28-24-35-12-4-5-17-42(35)56(50)58(54(46)34-37)40-16-10-13-38(32-40)41-29-30-49-44-19-7-6-18-43(44)48-22-11-21-47(41)55(48)49/h1-34H. The van der Waals surface area contributed by atoms with Gasteiger partial charge in [-0.2, -0.15) is 0 Å². The number of fused-ring (bicyclic) bond motifs is 11. The van der Waals surface area contributed by atoms with Crippen molar-refractivity contribution in [2.75, 3.05) is 0 Å². The van der Waals surface area contributed by atoms with E-state index in [1.165, 1.54) is 115 Å². The van der Waals surface area contributed by atoms with E-state index in [-0.39, 0.29) is 0 Å². The lowest BCUT2D eigenvalue weighted by molar-refractivity contribution is 1.18. The van der Waals surface area contributed by atoms with Crippen molar-refractivity contribution in [2.24, 2.45) is 0 Å². The Bertz CT molecular complexity index is 3650. The fraction of sp³-hybridized carbons (Fsp3) is 0. The van der Waals surface area contributed by atoms with Crippen LogP contribution in [0.5, 0.6) is 0 Å². The summed E-state index contributed by atoms with van der Waals surface area (Å²) in [6.45, 7) is 0. The Hall–Kier alpha value is -7.68. The molecule has 2 heteroatoms. The first-order valence-corrected chi connectivity index (χ1v) is 20.1. The van der Waals surface area contributed by atoms with Crippen molar-refractivity contribution in [3.8, 4) is 55.9 Å². The van der Waals surface area contributed by atoms with Crippen LogP contribution in [0.1, 0.15) is 0 Å². The zero-order valence-corrected chi connectivity index (χ0v) is 31.5. The highest BCUT2D eigenvalue weighted by atomic mass is 15.0. The summed E-state index contributed by atoms with van der Waals surface area (Å²) in [5, 5.41) is 10.2. The lowest BCUT2D eigenvalue weighted by Gasteiger charge is -2.14. The predicted molar refractivity (Wildman–Crippen MR) is 245 cm³/mol. The molecule has 12 aromatic rings. The molecule has 0 N–H and O–H groups in total. The Morgan fingerprint density at radius 3 is 1.78 bits per heavy atom. The minimum atomic E-state index is 1.15. The highest BCUT2D eigenvalue weighted by Crippen LogP contribution is 2.49. The highest BCUT2D eigenvalue weighted by Gasteiger charge is 2.23. The molecule has 0 spiro atoms. The molecule has 268 valence electrons. The van der Waals surface area contributed by atoms with Gasteiger partial charge in [0.1, 0.15) is 0 Å². The van der Waals surface area contributed by atoms with Gasteiger partial charge in [-0.15, -0.1) is 0 Å². The quantitative estimate of drug-likeness (QED) is 0.170. The van der Waals surface area contributed by atoms with E-state index in [9.17, 15) is 0 Å². The van der Waals surface area contributed by atoms with Gasteiger partial charge in [0, 0.05) is 38.3 Å². The van der Waals surface area contributed by atoms with E-state index < -0.39 is 0 Å². The zero-order chi connectivity index (χ0) is 37.9. The van der Waals surface area contributed by atoms with Crippen molar-refractivity contribution in [3.05, 3.63) is 206 Å². The summed E-state index contributed by atoms with van der Waals surface area (Å²) in [4.78, 5) is 0. The van der Waals surface area contributed by atoms with Gasteiger partial charge in [-0.3, -0.25) is 0 Å². The molecule has 1 aliphatic rings. The van der Waals surface area contributed by atoms with Gasteiger partial charge in [-0.05, 0) is 109 Å². The Balaban J connectivity index is 1.03. The molecule has 0 saturated carbocycles. The van der Waals surface area contributed by atoms with Crippen LogP contribution >= 0.6 is 0 Å². The molecular weight excluding hydrogens is 701 g/mol. The Kier molecular flexibility index (Phi) is 6.47. The maximum Gasteiger partial charge on any atom is 0.0619 e. The summed E-state index contributed by atoms with van der Waals surface area (Å²) in [6, 6.07) is 76.3. The highest BCUT2D eigenvalue weighted by molar-refractivity contribution is 6.20. The Morgan fingerprint density at radius 1 is 0.259 bits per heavy atom. The maximum absolute atomic E-state index is 2.51. The van der Waals surface area contributed by atoms with Crippen LogP contribution in [-0.4, -0.2) is 9.13 Å². The lowest BCUT2D eigenvalue weighted by atomic mass is 9.94. The summed E-state index contributed by atoms with van der Waals surface area (Å²) in [7, 11) is 0. The van der Waals surface area contributed by atoms with Crippen molar-refractivity contribution in [2.45, 2.75) is 0 Å². The van der Waals surface area contributed by atoms with Crippen LogP contribution < -0.4 is 0 Å². The van der Waals surface area contributed by atoms with Gasteiger partial charge >= 0.3 is 0 Å². The predicted octanol–water partition coefficient (Wildman–Crippen LogP) is 15.2. The minimum absolute atomic E-state index is 1.15. The van der Waals surface area contributed by atoms with Crippen LogP contribution in [0.15, 0.2) is 206 Å². The van der Waals surface area contributed by atoms with E-state index in [1.807, 2.05) is 0 Å². The monoisotopic (exact) mass is 734 g/mol. The first-order chi connectivity index (χ1) is 28.8. The number of aromatic nitrogens is 2. The third-order valence-electron chi connectivity index (χ3n) is 12.6. The molecule has 0 fully saturated rings. The molecule has 2 aromatic heterocycles. The summed E-state index contributed by atoms with van der Waals surface area (Å²) in [5.41, 5.74) is 17.3. The molecule has 58 heavy (non-hydrogen) atoms. The average Bonchev–Trinajstić information content (AvgIpc) is 3.93. The molecule has 2 nitrogen and oxygen atoms in total. The lowest BCUT2D eigenvalue weighted by Crippen LogP contribution is -1.96. The fourth-order valence-electron chi connectivity index (χ4n) is 10.1. The van der Waals surface area contributed by atoms with Crippen LogP contribution in [0.2, 0.25) is 0 Å². The smallest absolute Gasteiger partial charge is 0.0619 e. The van der Waals surface area contributed by atoms with E-state index in [0.29, 0.717) is 0 Å². The van der Waals surface area contributed by atoms with Crippen molar-refractivity contribution in [1.82, 2.24) is 9.13 Å². The molecule has 1 aliphatic carbocycles. The summed E-state index contributed by atoms with van der Waals surface area (Å²) in [5.74, 6) is 0. The normalized spacial score (nSPS) is 12.1. The fourth-order valence-corrected chi connectivity index (χ4v) is 10.1. The largest absolute Gasteiger partial charge is 0.309 e. The molecule has 2 heterocycles. The minimum Gasteiger partial charge on any atom is -0.309 e. The van der Waals surface area contributed by atoms with E-state index in [4.69, 9.17) is 0 Å². The second-order valence-corrected chi connectivity index (χ2v) is 15.7. The molecule has 0 radical (unpaired) electrons. The first-order valence-electron chi connectivity index (χ1n) is 20.1. The second-order valence-electron chi connectivity index (χ2n) is 15.7. The molecule has 0 aliphatic heterocycles. The molecule has 0 amide bonds. The number of nitrogens with zero attached hydrogens (tertiary/aromatic N) is 2. The zero-order valence-electron chi connectivity index (χ0n) is 31.5. The van der Waals surface area contributed by atoms with Gasteiger partial charge in [0.05, 0.1) is 22.1 Å². The number of para-hydroxylation sites is 2. The summed E-state index contributed by atoms with van der Waals surface area (Å²) >= 11 is 0. The molecule has 0 unspecified atom stereocenters. The van der Waals surface area contributed by atoms with Gasteiger partial charge in [0.2, 0.25) is 0 Å². The van der Waals surface area contributed by atoms with Crippen LogP contribution in [0.4, 0.5) is 0 Å². The first kappa shape index (κ1) is 31.5. The van der Waals surface area contributed by atoms with Crippen LogP contribution in [0.3, 0.4) is 0 Å². The van der Waals surface area contributed by atoms with Crippen LogP contribution in [-0.2, 0) is 0 Å². The van der Waals surface area contributed by atoms with E-state index in [2.05, 4.69) is 215 Å². The van der Waals surface area contributed by atoms with Gasteiger partial charge in [0.15, 0.2) is 0 Å². The van der Waals surface area contributed by atoms with Crippen molar-refractivity contribution < 1.29 is 0 Å². The second kappa shape index (κ2) is 11.9. The van der Waals surface area contributed by atoms with Gasteiger partial charge in [0.25, 0.3) is 0 Å². The van der Waals surface area contributed by atoms with Crippen molar-refractivity contribution in [3.63, 3.8) is 0 Å². The molecule has 10 aromatic carbocycles. The van der Waals surface area contributed by atoms with Crippen molar-refractivity contribution in [1.29, 1.82) is 0 Å². The topological polar surface area (TPSA) is 9.86 Å². The van der Waals surface area contributed by atoms with E-state index in [0.717, 1.165) is 5.69 Å². The number of benzene rings is 10. The molecule has 0 atom stereocenters. The van der Waals surface area contributed by atoms with Gasteiger partial charge in [-0.1, -0.05) is 158 Å². The third kappa shape index (κ3) is 4.37. The average molecular weight is 735 g/mol. The number of rotatable bonds is 4. The van der Waals surface area contributed by atoms with E-state index in [1.54, 1.807) is 0 Å². The van der Waals surface area contributed by atoms with Crippen molar-refractivity contribution >= 4 is 65.2 Å². The maximum atomic E-state index is 2.51. The van der Waals surface area contributed by atoms with Crippen LogP contribution in [0, 0.1) is 0 Å². The number of hydrogen-bond donors (Lipinski definition) is 0. The van der Waals surface area contributed by atoms with E-state index >= 15 is 0 Å². The Labute approximate surface area is 335 Å². The Morgan fingerprint density at radius 2 is 0.879 bits per heavy atom. The summed E-state index contributed by atoms with van der Waals surface area (Å²) < 4.78 is 4.89. The van der Waals surface area contributed by atoms with Crippen LogP contribution in [0.25, 0.3) is 121 Å². The molecule has 13 rings (SSSR count). The molecule has 0 bridgehead atoms.